The van der Waals surface area contributed by atoms with Gasteiger partial charge in [-0.3, -0.25) is 0 Å². The summed E-state index contributed by atoms with van der Waals surface area (Å²) in [6.45, 7) is 3.72. The van der Waals surface area contributed by atoms with Crippen LogP contribution in [0, 0.1) is 5.92 Å². The molecular weight excluding hydrogens is 348 g/mol. The summed E-state index contributed by atoms with van der Waals surface area (Å²) in [5, 5.41) is 11.9. The summed E-state index contributed by atoms with van der Waals surface area (Å²) in [6, 6.07) is 11.4. The van der Waals surface area contributed by atoms with Gasteiger partial charge in [-0.1, -0.05) is 24.6 Å². The molecule has 2 aromatic rings. The van der Waals surface area contributed by atoms with Crippen molar-refractivity contribution in [1.82, 2.24) is 20.4 Å². The third kappa shape index (κ3) is 4.65. The Hall–Kier alpha value is -1.40. The fraction of sp³-hybridized carbons (Fsp3) is 0.550. The van der Waals surface area contributed by atoms with Crippen molar-refractivity contribution < 1.29 is 4.74 Å². The molecule has 2 N–H and O–H groups in total. The maximum atomic E-state index is 5.66. The van der Waals surface area contributed by atoms with E-state index in [0.29, 0.717) is 18.0 Å². The number of halogens is 1. The number of benzene rings is 1. The first kappa shape index (κ1) is 19.4. The molecule has 6 heteroatoms. The summed E-state index contributed by atoms with van der Waals surface area (Å²) < 4.78 is 7.62. The minimum atomic E-state index is 0. The Balaban J connectivity index is 0.00000196. The summed E-state index contributed by atoms with van der Waals surface area (Å²) in [6.07, 6.45) is 9.06. The lowest BCUT2D eigenvalue weighted by molar-refractivity contribution is 0.0526. The molecule has 2 fully saturated rings. The zero-order valence-electron chi connectivity index (χ0n) is 15.1. The Morgan fingerprint density at radius 2 is 2.12 bits per heavy atom. The van der Waals surface area contributed by atoms with Crippen LogP contribution in [0.15, 0.2) is 42.7 Å². The first-order valence-electron chi connectivity index (χ1n) is 9.53. The highest BCUT2D eigenvalue weighted by Crippen LogP contribution is 2.29. The number of hydrogen-bond donors (Lipinski definition) is 2. The fourth-order valence-electron chi connectivity index (χ4n) is 4.20. The van der Waals surface area contributed by atoms with Crippen molar-refractivity contribution in [1.29, 1.82) is 0 Å². The van der Waals surface area contributed by atoms with Crippen molar-refractivity contribution in [3.05, 3.63) is 48.3 Å². The Morgan fingerprint density at radius 3 is 2.92 bits per heavy atom. The van der Waals surface area contributed by atoms with E-state index in [1.165, 1.54) is 24.8 Å². The maximum Gasteiger partial charge on any atom is 0.0645 e. The van der Waals surface area contributed by atoms with Gasteiger partial charge in [-0.25, -0.2) is 4.68 Å². The lowest BCUT2D eigenvalue weighted by Crippen LogP contribution is -2.51. The topological polar surface area (TPSA) is 51.1 Å². The van der Waals surface area contributed by atoms with Crippen LogP contribution >= 0.6 is 12.4 Å². The monoisotopic (exact) mass is 376 g/mol. The zero-order valence-corrected chi connectivity index (χ0v) is 16.0. The Labute approximate surface area is 161 Å². The Morgan fingerprint density at radius 1 is 1.23 bits per heavy atom. The largest absolute Gasteiger partial charge is 0.379 e. The van der Waals surface area contributed by atoms with E-state index in [1.54, 1.807) is 0 Å². The molecule has 1 aromatic heterocycles. The second-order valence-electron chi connectivity index (χ2n) is 7.17. The highest BCUT2D eigenvalue weighted by atomic mass is 35.5. The molecule has 1 aromatic carbocycles. The van der Waals surface area contributed by atoms with E-state index >= 15 is 0 Å². The molecule has 0 radical (unpaired) electrons. The molecule has 2 heterocycles. The lowest BCUT2D eigenvalue weighted by Gasteiger charge is -2.33. The first-order chi connectivity index (χ1) is 12.4. The van der Waals surface area contributed by atoms with Crippen molar-refractivity contribution in [2.24, 2.45) is 5.92 Å². The average Bonchev–Trinajstić information content (AvgIpc) is 3.33. The van der Waals surface area contributed by atoms with Gasteiger partial charge in [0, 0.05) is 24.8 Å². The van der Waals surface area contributed by atoms with Crippen LogP contribution in [0.5, 0.6) is 0 Å². The van der Waals surface area contributed by atoms with Crippen LogP contribution in [0.3, 0.4) is 0 Å². The van der Waals surface area contributed by atoms with Crippen molar-refractivity contribution in [2.75, 3.05) is 26.3 Å². The number of aromatic nitrogens is 2. The van der Waals surface area contributed by atoms with Crippen molar-refractivity contribution in [3.63, 3.8) is 0 Å². The summed E-state index contributed by atoms with van der Waals surface area (Å²) in [4.78, 5) is 0. The van der Waals surface area contributed by atoms with Gasteiger partial charge < -0.3 is 15.4 Å². The normalized spacial score (nSPS) is 25.8. The van der Waals surface area contributed by atoms with Crippen LogP contribution < -0.4 is 10.6 Å². The van der Waals surface area contributed by atoms with Gasteiger partial charge in [0.05, 0.1) is 25.1 Å². The van der Waals surface area contributed by atoms with Gasteiger partial charge >= 0.3 is 0 Å². The number of morpholine rings is 1. The number of para-hydroxylation sites is 1. The number of hydrogen-bond acceptors (Lipinski definition) is 4. The molecule has 1 aliphatic heterocycles. The SMILES string of the molecule is Cl.c1ccc(-n2cc(CCNC3CCCC3C3COCCN3)cn2)cc1. The van der Waals surface area contributed by atoms with Gasteiger partial charge in [0.15, 0.2) is 0 Å². The fourth-order valence-corrected chi connectivity index (χ4v) is 4.20. The van der Waals surface area contributed by atoms with E-state index in [0.717, 1.165) is 38.4 Å². The molecule has 5 nitrogen and oxygen atoms in total. The van der Waals surface area contributed by atoms with E-state index in [1.807, 2.05) is 29.1 Å². The van der Waals surface area contributed by atoms with Crippen LogP contribution in [0.1, 0.15) is 24.8 Å². The van der Waals surface area contributed by atoms with E-state index in [9.17, 15) is 0 Å². The second-order valence-corrected chi connectivity index (χ2v) is 7.17. The molecule has 26 heavy (non-hydrogen) atoms. The molecule has 0 amide bonds. The Kier molecular flexibility index (Phi) is 7.08. The molecule has 1 aliphatic carbocycles. The number of rotatable bonds is 6. The van der Waals surface area contributed by atoms with Gasteiger partial charge in [0.2, 0.25) is 0 Å². The van der Waals surface area contributed by atoms with E-state index in [-0.39, 0.29) is 12.4 Å². The number of nitrogens with zero attached hydrogens (tertiary/aromatic N) is 2. The van der Waals surface area contributed by atoms with Gasteiger partial charge in [-0.2, -0.15) is 5.10 Å². The smallest absolute Gasteiger partial charge is 0.0645 e. The van der Waals surface area contributed by atoms with E-state index < -0.39 is 0 Å². The summed E-state index contributed by atoms with van der Waals surface area (Å²) in [5.74, 6) is 0.701. The van der Waals surface area contributed by atoms with Crippen molar-refractivity contribution in [3.8, 4) is 5.69 Å². The van der Waals surface area contributed by atoms with Crippen LogP contribution in [0.4, 0.5) is 0 Å². The number of nitrogens with one attached hydrogen (secondary N) is 2. The third-order valence-corrected chi connectivity index (χ3v) is 5.51. The minimum Gasteiger partial charge on any atom is -0.379 e. The molecule has 0 spiro atoms. The highest BCUT2D eigenvalue weighted by Gasteiger charge is 2.34. The molecule has 0 bridgehead atoms. The van der Waals surface area contributed by atoms with Crippen LogP contribution in [-0.2, 0) is 11.2 Å². The molecule has 142 valence electrons. The predicted octanol–water partition coefficient (Wildman–Crippen LogP) is 2.58. The molecule has 3 atom stereocenters. The second kappa shape index (κ2) is 9.51. The van der Waals surface area contributed by atoms with Crippen LogP contribution in [-0.4, -0.2) is 48.2 Å². The van der Waals surface area contributed by atoms with Gasteiger partial charge in [0.1, 0.15) is 0 Å². The van der Waals surface area contributed by atoms with Crippen LogP contribution in [0.2, 0.25) is 0 Å². The van der Waals surface area contributed by atoms with E-state index in [2.05, 4.69) is 34.1 Å². The maximum absolute atomic E-state index is 5.66. The molecule has 3 unspecified atom stereocenters. The molecule has 4 rings (SSSR count). The highest BCUT2D eigenvalue weighted by molar-refractivity contribution is 5.85. The van der Waals surface area contributed by atoms with Crippen LogP contribution in [0.25, 0.3) is 5.69 Å². The van der Waals surface area contributed by atoms with Gasteiger partial charge in [0.25, 0.3) is 0 Å². The zero-order chi connectivity index (χ0) is 16.9. The first-order valence-corrected chi connectivity index (χ1v) is 9.53. The lowest BCUT2D eigenvalue weighted by atomic mass is 9.94. The number of ether oxygens (including phenoxy) is 1. The summed E-state index contributed by atoms with van der Waals surface area (Å²) in [7, 11) is 0. The van der Waals surface area contributed by atoms with Gasteiger partial charge in [-0.15, -0.1) is 12.4 Å². The van der Waals surface area contributed by atoms with Crippen molar-refractivity contribution >= 4 is 12.4 Å². The standard InChI is InChI=1S/C20H28N4O.ClH/c1-2-5-17(6-3-1)24-14-16(13-23-24)9-10-21-19-8-4-7-18(19)20-15-25-12-11-22-20;/h1-3,5-6,13-14,18-22H,4,7-12,15H2;1H. The minimum absolute atomic E-state index is 0. The Bertz CT molecular complexity index is 657. The third-order valence-electron chi connectivity index (χ3n) is 5.51. The summed E-state index contributed by atoms with van der Waals surface area (Å²) >= 11 is 0. The molecule has 1 saturated carbocycles. The molecule has 1 saturated heterocycles. The van der Waals surface area contributed by atoms with E-state index in [4.69, 9.17) is 4.74 Å². The summed E-state index contributed by atoms with van der Waals surface area (Å²) in [5.41, 5.74) is 2.39. The van der Waals surface area contributed by atoms with Gasteiger partial charge in [-0.05, 0) is 49.4 Å². The average molecular weight is 377 g/mol. The molecule has 2 aliphatic rings. The quantitative estimate of drug-likeness (QED) is 0.813. The predicted molar refractivity (Wildman–Crippen MR) is 106 cm³/mol. The van der Waals surface area contributed by atoms with Crippen molar-refractivity contribution in [2.45, 2.75) is 37.8 Å². The molecular formula is C20H29ClN4O.